The lowest BCUT2D eigenvalue weighted by molar-refractivity contribution is -0.142. The van der Waals surface area contributed by atoms with Crippen molar-refractivity contribution in [3.63, 3.8) is 0 Å². The summed E-state index contributed by atoms with van der Waals surface area (Å²) in [6, 6.07) is 0. The van der Waals surface area contributed by atoms with Crippen LogP contribution in [0.1, 0.15) is 32.1 Å². The Balaban J connectivity index is 1.82. The van der Waals surface area contributed by atoms with E-state index in [2.05, 4.69) is 12.2 Å². The third-order valence-corrected chi connectivity index (χ3v) is 4.55. The first-order valence-corrected chi connectivity index (χ1v) is 5.96. The summed E-state index contributed by atoms with van der Waals surface area (Å²) in [6.07, 6.45) is 10.0. The van der Waals surface area contributed by atoms with Gasteiger partial charge in [0.1, 0.15) is 5.60 Å². The second-order valence-electron chi connectivity index (χ2n) is 5.14. The fraction of sp³-hybridized carbons (Fsp3) is 0.615. The molecule has 0 bridgehead atoms. The van der Waals surface area contributed by atoms with Crippen LogP contribution in [0, 0.1) is 11.8 Å². The molecule has 0 aromatic rings. The van der Waals surface area contributed by atoms with E-state index in [1.165, 1.54) is 12.0 Å². The van der Waals surface area contributed by atoms with Crippen LogP contribution in [-0.2, 0) is 9.53 Å². The quantitative estimate of drug-likeness (QED) is 0.445. The monoisotopic (exact) mass is 202 g/mol. The van der Waals surface area contributed by atoms with Gasteiger partial charge in [-0.3, -0.25) is 0 Å². The van der Waals surface area contributed by atoms with Gasteiger partial charge in [-0.25, -0.2) is 4.79 Å². The summed E-state index contributed by atoms with van der Waals surface area (Å²) in [6.45, 7) is 0. The van der Waals surface area contributed by atoms with Crippen LogP contribution in [0.5, 0.6) is 0 Å². The Labute approximate surface area is 89.0 Å². The number of hydrogen-bond acceptors (Lipinski definition) is 2. The third kappa shape index (κ3) is 0.768. The van der Waals surface area contributed by atoms with E-state index in [0.29, 0.717) is 11.8 Å². The summed E-state index contributed by atoms with van der Waals surface area (Å²) in [5.74, 6) is 1.10. The van der Waals surface area contributed by atoms with Gasteiger partial charge in [0.05, 0.1) is 0 Å². The molecule has 0 radical (unpaired) electrons. The van der Waals surface area contributed by atoms with Crippen LogP contribution in [-0.4, -0.2) is 11.6 Å². The Morgan fingerprint density at radius 1 is 1.33 bits per heavy atom. The van der Waals surface area contributed by atoms with Crippen molar-refractivity contribution in [3.8, 4) is 0 Å². The highest BCUT2D eigenvalue weighted by Crippen LogP contribution is 2.67. The van der Waals surface area contributed by atoms with Crippen molar-refractivity contribution in [1.29, 1.82) is 0 Å². The van der Waals surface area contributed by atoms with E-state index in [9.17, 15) is 4.79 Å². The lowest BCUT2D eigenvalue weighted by Crippen LogP contribution is -2.19. The second kappa shape index (κ2) is 2.37. The summed E-state index contributed by atoms with van der Waals surface area (Å²) in [5.41, 5.74) is 2.27. The van der Waals surface area contributed by atoms with Gasteiger partial charge in [-0.2, -0.15) is 0 Å². The van der Waals surface area contributed by atoms with E-state index < -0.39 is 0 Å². The SMILES string of the molecule is O=C1O[C@]2(C3=C1CCCC3)[C@@H]1CC=C[C@@H]12. The van der Waals surface area contributed by atoms with E-state index in [0.717, 1.165) is 31.3 Å². The van der Waals surface area contributed by atoms with Crippen molar-refractivity contribution in [1.82, 2.24) is 0 Å². The molecule has 4 aliphatic rings. The van der Waals surface area contributed by atoms with Crippen molar-refractivity contribution < 1.29 is 9.53 Å². The van der Waals surface area contributed by atoms with Crippen LogP contribution in [0.15, 0.2) is 23.3 Å². The minimum Gasteiger partial charge on any atom is -0.450 e. The Morgan fingerprint density at radius 2 is 2.20 bits per heavy atom. The van der Waals surface area contributed by atoms with Crippen LogP contribution in [0.25, 0.3) is 0 Å². The van der Waals surface area contributed by atoms with Gasteiger partial charge in [0, 0.05) is 17.4 Å². The maximum atomic E-state index is 11.8. The first kappa shape index (κ1) is 8.14. The normalized spacial score (nSPS) is 45.7. The van der Waals surface area contributed by atoms with Gasteiger partial charge in [-0.15, -0.1) is 0 Å². The highest BCUT2D eigenvalue weighted by molar-refractivity contribution is 5.94. The molecule has 3 aliphatic carbocycles. The molecule has 1 saturated carbocycles. The Bertz CT molecular complexity index is 418. The zero-order chi connectivity index (χ0) is 10.0. The average molecular weight is 202 g/mol. The highest BCUT2D eigenvalue weighted by atomic mass is 16.6. The summed E-state index contributed by atoms with van der Waals surface area (Å²) in [4.78, 5) is 11.8. The molecule has 0 amide bonds. The number of fused-ring (bicyclic) bond motifs is 4. The predicted molar refractivity (Wildman–Crippen MR) is 55.1 cm³/mol. The highest BCUT2D eigenvalue weighted by Gasteiger charge is 2.72. The fourth-order valence-electron chi connectivity index (χ4n) is 3.84. The molecular weight excluding hydrogens is 188 g/mol. The molecule has 4 rings (SSSR count). The van der Waals surface area contributed by atoms with E-state index in [1.54, 1.807) is 0 Å². The van der Waals surface area contributed by atoms with E-state index >= 15 is 0 Å². The molecule has 0 aromatic heterocycles. The fourth-order valence-corrected chi connectivity index (χ4v) is 3.84. The number of carbonyl (C=O) groups excluding carboxylic acids is 1. The first-order valence-electron chi connectivity index (χ1n) is 5.96. The zero-order valence-electron chi connectivity index (χ0n) is 8.66. The molecule has 1 spiro atoms. The average Bonchev–Trinajstić information content (AvgIpc) is 2.67. The van der Waals surface area contributed by atoms with Crippen LogP contribution in [0.2, 0.25) is 0 Å². The van der Waals surface area contributed by atoms with Crippen LogP contribution >= 0.6 is 0 Å². The van der Waals surface area contributed by atoms with Gasteiger partial charge in [0.2, 0.25) is 0 Å². The number of hydrogen-bond donors (Lipinski definition) is 0. The molecular formula is C13H14O2. The van der Waals surface area contributed by atoms with Crippen LogP contribution in [0.3, 0.4) is 0 Å². The standard InChI is InChI=1S/C13H14O2/c14-12-8-4-1-2-5-9(8)13(15-12)10-6-3-7-11(10)13/h3,6,10-11H,1-2,4-5,7H2/t10-,11+,13-/m0/s1. The maximum Gasteiger partial charge on any atom is 0.335 e. The number of rotatable bonds is 0. The topological polar surface area (TPSA) is 26.3 Å². The molecule has 15 heavy (non-hydrogen) atoms. The number of allylic oxidation sites excluding steroid dienone is 1. The van der Waals surface area contributed by atoms with Crippen LogP contribution in [0.4, 0.5) is 0 Å². The van der Waals surface area contributed by atoms with Crippen LogP contribution < -0.4 is 0 Å². The largest absolute Gasteiger partial charge is 0.450 e. The lowest BCUT2D eigenvalue weighted by atomic mass is 9.87. The summed E-state index contributed by atoms with van der Waals surface area (Å²) < 4.78 is 5.71. The smallest absolute Gasteiger partial charge is 0.335 e. The molecule has 3 atom stereocenters. The predicted octanol–water partition coefficient (Wildman–Crippen LogP) is 2.36. The Kier molecular flexibility index (Phi) is 1.29. The Morgan fingerprint density at radius 3 is 3.00 bits per heavy atom. The van der Waals surface area contributed by atoms with E-state index in [-0.39, 0.29) is 11.6 Å². The molecule has 2 nitrogen and oxygen atoms in total. The molecule has 1 heterocycles. The number of ether oxygens (including phenoxy) is 1. The minimum absolute atomic E-state index is 0.00694. The van der Waals surface area contributed by atoms with Crippen molar-refractivity contribution >= 4 is 5.97 Å². The molecule has 0 unspecified atom stereocenters. The summed E-state index contributed by atoms with van der Waals surface area (Å²) in [7, 11) is 0. The molecule has 78 valence electrons. The van der Waals surface area contributed by atoms with Crippen molar-refractivity contribution in [2.45, 2.75) is 37.7 Å². The molecule has 0 N–H and O–H groups in total. The first-order chi connectivity index (χ1) is 7.34. The molecule has 0 saturated heterocycles. The molecule has 2 heteroatoms. The number of carbonyl (C=O) groups is 1. The van der Waals surface area contributed by atoms with Gasteiger partial charge in [-0.05, 0) is 37.7 Å². The lowest BCUT2D eigenvalue weighted by Gasteiger charge is -2.18. The van der Waals surface area contributed by atoms with Gasteiger partial charge < -0.3 is 4.74 Å². The second-order valence-corrected chi connectivity index (χ2v) is 5.14. The summed E-state index contributed by atoms with van der Waals surface area (Å²) >= 11 is 0. The summed E-state index contributed by atoms with van der Waals surface area (Å²) in [5, 5.41) is 0. The minimum atomic E-state index is -0.137. The van der Waals surface area contributed by atoms with E-state index in [4.69, 9.17) is 4.74 Å². The van der Waals surface area contributed by atoms with Gasteiger partial charge in [0.15, 0.2) is 0 Å². The van der Waals surface area contributed by atoms with E-state index in [1.807, 2.05) is 0 Å². The maximum absolute atomic E-state index is 11.8. The number of esters is 1. The Hall–Kier alpha value is -1.05. The van der Waals surface area contributed by atoms with Crippen molar-refractivity contribution in [2.24, 2.45) is 11.8 Å². The molecule has 1 aliphatic heterocycles. The van der Waals surface area contributed by atoms with Gasteiger partial charge >= 0.3 is 5.97 Å². The van der Waals surface area contributed by atoms with Crippen molar-refractivity contribution in [2.75, 3.05) is 0 Å². The van der Waals surface area contributed by atoms with Crippen molar-refractivity contribution in [3.05, 3.63) is 23.3 Å². The van der Waals surface area contributed by atoms with Gasteiger partial charge in [-0.1, -0.05) is 12.2 Å². The molecule has 0 aromatic carbocycles. The van der Waals surface area contributed by atoms with Gasteiger partial charge in [0.25, 0.3) is 0 Å². The third-order valence-electron chi connectivity index (χ3n) is 4.55. The zero-order valence-corrected chi connectivity index (χ0v) is 8.66. The molecule has 1 fully saturated rings.